The van der Waals surface area contributed by atoms with E-state index in [0.717, 1.165) is 29.7 Å². The smallest absolute Gasteiger partial charge is 0.0344 e. The van der Waals surface area contributed by atoms with E-state index in [1.807, 2.05) is 40.9 Å². The van der Waals surface area contributed by atoms with Gasteiger partial charge in [0.25, 0.3) is 0 Å². The van der Waals surface area contributed by atoms with Gasteiger partial charge in [-0.15, -0.1) is 19.6 Å². The van der Waals surface area contributed by atoms with Crippen LogP contribution in [0, 0.1) is 12.3 Å². The highest BCUT2D eigenvalue weighted by molar-refractivity contribution is 5.95. The number of hydrogen-bond donors (Lipinski definition) is 1. The third-order valence-corrected chi connectivity index (χ3v) is 5.56. The Hall–Kier alpha value is -2.37. The summed E-state index contributed by atoms with van der Waals surface area (Å²) in [5.74, 6) is 2.83. The molecular weight excluding hydrogens is 484 g/mol. The summed E-state index contributed by atoms with van der Waals surface area (Å²) < 4.78 is 0. The molecule has 0 atom stereocenters. The molecule has 0 heterocycles. The first-order chi connectivity index (χ1) is 19.3. The van der Waals surface area contributed by atoms with E-state index in [0.29, 0.717) is 0 Å². The molecule has 0 unspecified atom stereocenters. The van der Waals surface area contributed by atoms with Crippen molar-refractivity contribution in [2.45, 2.75) is 134 Å². The van der Waals surface area contributed by atoms with E-state index >= 15 is 0 Å². The number of nitrogens with one attached hydrogen (secondary N) is 1. The van der Waals surface area contributed by atoms with Crippen molar-refractivity contribution in [2.24, 2.45) is 4.99 Å². The monoisotopic (exact) mass is 555 g/mol. The lowest BCUT2D eigenvalue weighted by Crippen LogP contribution is -2.06. The summed E-state index contributed by atoms with van der Waals surface area (Å²) >= 11 is 0. The molecule has 1 N–H and O–H groups in total. The Morgan fingerprint density at radius 3 is 1.75 bits per heavy atom. The SMILES string of the molecule is C#CC(=C\C=C(C)C)/C(/C=C(CCCC)\C(C)=C\C(CC)=NC)=C/C.C=C.CC.CCCC.CCCCCNC. The van der Waals surface area contributed by atoms with E-state index in [2.05, 4.69) is 109 Å². The average Bonchev–Trinajstić information content (AvgIpc) is 2.99. The lowest BCUT2D eigenvalue weighted by Gasteiger charge is -2.11. The highest BCUT2D eigenvalue weighted by Crippen LogP contribution is 2.23. The predicted molar refractivity (Wildman–Crippen MR) is 192 cm³/mol. The van der Waals surface area contributed by atoms with Crippen LogP contribution in [0.15, 0.2) is 76.4 Å². The van der Waals surface area contributed by atoms with E-state index in [1.54, 1.807) is 0 Å². The van der Waals surface area contributed by atoms with Crippen LogP contribution in [0.25, 0.3) is 0 Å². The molecular formula is C38H70N2. The quantitative estimate of drug-likeness (QED) is 0.0745. The second-order valence-electron chi connectivity index (χ2n) is 9.19. The zero-order chi connectivity index (χ0) is 32.2. The maximum Gasteiger partial charge on any atom is 0.0344 e. The molecule has 0 spiro atoms. The van der Waals surface area contributed by atoms with Crippen LogP contribution in [0.3, 0.4) is 0 Å². The number of rotatable bonds is 14. The maximum atomic E-state index is 5.76. The topological polar surface area (TPSA) is 24.4 Å². The third kappa shape index (κ3) is 33.7. The Bertz CT molecular complexity index is 754. The van der Waals surface area contributed by atoms with E-state index in [9.17, 15) is 0 Å². The van der Waals surface area contributed by atoms with Crippen LogP contribution < -0.4 is 5.32 Å². The predicted octanol–water partition coefficient (Wildman–Crippen LogP) is 12.0. The highest BCUT2D eigenvalue weighted by Gasteiger charge is 2.05. The second-order valence-corrected chi connectivity index (χ2v) is 9.19. The summed E-state index contributed by atoms with van der Waals surface area (Å²) in [5, 5.41) is 3.10. The van der Waals surface area contributed by atoms with Gasteiger partial charge in [-0.25, -0.2) is 0 Å². The molecule has 0 saturated heterocycles. The Kier molecular flexibility index (Phi) is 48.7. The highest BCUT2D eigenvalue weighted by atomic mass is 14.8. The summed E-state index contributed by atoms with van der Waals surface area (Å²) in [6.07, 6.45) is 27.4. The van der Waals surface area contributed by atoms with Gasteiger partial charge in [-0.2, -0.15) is 0 Å². The Balaban J connectivity index is -0.000000224. The Morgan fingerprint density at radius 1 is 0.850 bits per heavy atom. The van der Waals surface area contributed by atoms with E-state index < -0.39 is 0 Å². The molecule has 0 fully saturated rings. The van der Waals surface area contributed by atoms with Gasteiger partial charge in [0.1, 0.15) is 0 Å². The number of terminal acetylenes is 1. The first-order valence-corrected chi connectivity index (χ1v) is 15.7. The summed E-state index contributed by atoms with van der Waals surface area (Å²) in [6.45, 7) is 30.5. The zero-order valence-electron chi connectivity index (χ0n) is 29.4. The van der Waals surface area contributed by atoms with Gasteiger partial charge in [0.05, 0.1) is 0 Å². The fourth-order valence-corrected chi connectivity index (χ4v) is 2.95. The third-order valence-electron chi connectivity index (χ3n) is 5.56. The molecule has 0 aliphatic carbocycles. The molecule has 0 aromatic carbocycles. The molecule has 0 amide bonds. The van der Waals surface area contributed by atoms with Crippen molar-refractivity contribution >= 4 is 5.71 Å². The number of allylic oxidation sites excluding steroid dienone is 10. The van der Waals surface area contributed by atoms with Crippen molar-refractivity contribution in [3.63, 3.8) is 0 Å². The average molecular weight is 555 g/mol. The van der Waals surface area contributed by atoms with Crippen LogP contribution in [-0.2, 0) is 0 Å². The summed E-state index contributed by atoms with van der Waals surface area (Å²) in [4.78, 5) is 4.36. The molecule has 0 aliphatic rings. The molecule has 0 radical (unpaired) electrons. The normalized spacial score (nSPS) is 11.7. The van der Waals surface area contributed by atoms with Crippen molar-refractivity contribution in [1.82, 2.24) is 5.32 Å². The summed E-state index contributed by atoms with van der Waals surface area (Å²) in [7, 11) is 3.85. The number of aliphatic imine (C=N–C) groups is 1. The molecule has 2 heteroatoms. The van der Waals surface area contributed by atoms with E-state index in [4.69, 9.17) is 6.42 Å². The molecule has 2 nitrogen and oxygen atoms in total. The van der Waals surface area contributed by atoms with Crippen LogP contribution in [-0.4, -0.2) is 26.4 Å². The standard InChI is InChI=1S/C24H35N.C6H15N.C4H10.C2H6.C2H4/c1-9-13-14-23(20(7)17-24(12-4)25-8)18-22(11-3)21(10-2)16-15-19(5)6;1-3-4-5-6-7-2;1-3-4-2;2*1-2/h2,11,15-18H,9,12-14H2,1,3-8H3;7H,3-6H2,1-2H3;3-4H2,1-2H3;1-2H3;1-2H2/b20-17+,21-16+,22-11+,23-18-,25-24?;;;;. The lowest BCUT2D eigenvalue weighted by molar-refractivity contribution is 0.667. The van der Waals surface area contributed by atoms with Crippen molar-refractivity contribution < 1.29 is 0 Å². The molecule has 0 saturated carbocycles. The molecule has 0 bridgehead atoms. The molecule has 0 rings (SSSR count). The van der Waals surface area contributed by atoms with Gasteiger partial charge >= 0.3 is 0 Å². The molecule has 0 aliphatic heterocycles. The van der Waals surface area contributed by atoms with Crippen molar-refractivity contribution in [1.29, 1.82) is 0 Å². The minimum absolute atomic E-state index is 0.922. The van der Waals surface area contributed by atoms with Crippen LogP contribution in [0.4, 0.5) is 0 Å². The largest absolute Gasteiger partial charge is 0.320 e. The molecule has 0 aromatic rings. The second kappa shape index (κ2) is 41.1. The lowest BCUT2D eigenvalue weighted by atomic mass is 9.94. The fourth-order valence-electron chi connectivity index (χ4n) is 2.95. The Morgan fingerprint density at radius 2 is 1.40 bits per heavy atom. The number of hydrogen-bond acceptors (Lipinski definition) is 2. The van der Waals surface area contributed by atoms with Crippen LogP contribution >= 0.6 is 0 Å². The summed E-state index contributed by atoms with van der Waals surface area (Å²) in [6, 6.07) is 0. The van der Waals surface area contributed by atoms with Gasteiger partial charge < -0.3 is 5.32 Å². The minimum Gasteiger partial charge on any atom is -0.320 e. The number of nitrogens with zero attached hydrogens (tertiary/aromatic N) is 1. The van der Waals surface area contributed by atoms with Crippen LogP contribution in [0.1, 0.15) is 134 Å². The summed E-state index contributed by atoms with van der Waals surface area (Å²) in [5.41, 5.74) is 6.99. The van der Waals surface area contributed by atoms with E-state index in [-0.39, 0.29) is 0 Å². The van der Waals surface area contributed by atoms with Gasteiger partial charge in [-0.3, -0.25) is 4.99 Å². The molecule has 40 heavy (non-hydrogen) atoms. The minimum atomic E-state index is 0.922. The first kappa shape index (κ1) is 47.4. The van der Waals surface area contributed by atoms with Crippen LogP contribution in [0.2, 0.25) is 0 Å². The van der Waals surface area contributed by atoms with Gasteiger partial charge in [0.15, 0.2) is 0 Å². The van der Waals surface area contributed by atoms with Crippen molar-refractivity contribution in [3.05, 3.63) is 71.4 Å². The van der Waals surface area contributed by atoms with E-state index in [1.165, 1.54) is 68.2 Å². The van der Waals surface area contributed by atoms with Crippen LogP contribution in [0.5, 0.6) is 0 Å². The maximum absolute atomic E-state index is 5.76. The molecule has 0 aromatic heterocycles. The van der Waals surface area contributed by atoms with Crippen molar-refractivity contribution in [3.8, 4) is 12.3 Å². The van der Waals surface area contributed by atoms with Gasteiger partial charge in [-0.1, -0.05) is 110 Å². The first-order valence-electron chi connectivity index (χ1n) is 15.7. The molecule has 232 valence electrons. The van der Waals surface area contributed by atoms with Gasteiger partial charge in [0.2, 0.25) is 0 Å². The van der Waals surface area contributed by atoms with Crippen molar-refractivity contribution in [2.75, 3.05) is 20.6 Å². The van der Waals surface area contributed by atoms with Gasteiger partial charge in [0, 0.05) is 18.3 Å². The fraction of sp³-hybridized carbons (Fsp3) is 0.605. The zero-order valence-corrected chi connectivity index (χ0v) is 29.4. The van der Waals surface area contributed by atoms with Gasteiger partial charge in [-0.05, 0) is 95.8 Å². The number of unbranched alkanes of at least 4 members (excludes halogenated alkanes) is 4. The Labute approximate surface area is 254 Å².